The number of hydrogen-bond donors (Lipinski definition) is 2. The van der Waals surface area contributed by atoms with Gasteiger partial charge in [0.05, 0.1) is 32.5 Å². The van der Waals surface area contributed by atoms with Crippen LogP contribution in [0.2, 0.25) is 0 Å². The highest BCUT2D eigenvalue weighted by atomic mass is 16.6. The molecular weight excluding hydrogens is 438 g/mol. The Morgan fingerprint density at radius 1 is 0.771 bits per heavy atom. The molecule has 2 N–H and O–H groups in total. The molecular formula is C30H35NO4. The number of hydrogen-bond acceptors (Lipinski definition) is 5. The number of nitrogens with one attached hydrogen (secondary N) is 1. The van der Waals surface area contributed by atoms with Crippen LogP contribution in [0.1, 0.15) is 23.1 Å². The smallest absolute Gasteiger partial charge is 0.114 e. The van der Waals surface area contributed by atoms with Crippen molar-refractivity contribution < 1.29 is 19.3 Å². The van der Waals surface area contributed by atoms with Crippen molar-refractivity contribution in [1.29, 1.82) is 0 Å². The molecule has 1 aliphatic heterocycles. The standard InChI is InChI=1S/C30H35NO4/c1-2-12-26-28(31-26)30(35-21-25-17-10-5-11-18-25)29(34-20-24-15-8-4-9-16-24)27(32)22-33-19-23-13-6-3-7-14-23/h2-11,13-18,26-32H,1,12,19-22H2/t26-,27-,28-,29+,30-/m1/s1. The van der Waals surface area contributed by atoms with Gasteiger partial charge in [-0.3, -0.25) is 0 Å². The molecule has 0 bridgehead atoms. The predicted molar refractivity (Wildman–Crippen MR) is 138 cm³/mol. The van der Waals surface area contributed by atoms with Crippen molar-refractivity contribution in [3.63, 3.8) is 0 Å². The van der Waals surface area contributed by atoms with Crippen molar-refractivity contribution >= 4 is 0 Å². The van der Waals surface area contributed by atoms with Crippen LogP contribution >= 0.6 is 0 Å². The Bertz CT molecular complexity index is 999. The number of benzene rings is 3. The molecule has 3 aromatic carbocycles. The maximum Gasteiger partial charge on any atom is 0.114 e. The van der Waals surface area contributed by atoms with E-state index in [0.29, 0.717) is 19.8 Å². The summed E-state index contributed by atoms with van der Waals surface area (Å²) in [4.78, 5) is 0. The van der Waals surface area contributed by atoms with Crippen LogP contribution in [0.15, 0.2) is 104 Å². The van der Waals surface area contributed by atoms with Crippen LogP contribution in [0.3, 0.4) is 0 Å². The second-order valence-corrected chi connectivity index (χ2v) is 8.91. The molecule has 1 aliphatic rings. The summed E-state index contributed by atoms with van der Waals surface area (Å²) in [5.74, 6) is 0. The lowest BCUT2D eigenvalue weighted by Gasteiger charge is -2.31. The third-order valence-electron chi connectivity index (χ3n) is 6.18. The predicted octanol–water partition coefficient (Wildman–Crippen LogP) is 4.65. The van der Waals surface area contributed by atoms with E-state index in [1.54, 1.807) is 0 Å². The fourth-order valence-electron chi connectivity index (χ4n) is 4.24. The Labute approximate surface area is 208 Å². The summed E-state index contributed by atoms with van der Waals surface area (Å²) in [6.45, 7) is 5.27. The second kappa shape index (κ2) is 13.3. The van der Waals surface area contributed by atoms with E-state index in [1.165, 1.54) is 0 Å². The Hall–Kier alpha value is -2.80. The molecule has 5 nitrogen and oxygen atoms in total. The summed E-state index contributed by atoms with van der Waals surface area (Å²) < 4.78 is 18.7. The first-order valence-corrected chi connectivity index (χ1v) is 12.2. The van der Waals surface area contributed by atoms with E-state index in [9.17, 15) is 5.11 Å². The first kappa shape index (κ1) is 25.3. The largest absolute Gasteiger partial charge is 0.388 e. The van der Waals surface area contributed by atoms with Crippen molar-refractivity contribution in [2.45, 2.75) is 56.6 Å². The topological polar surface area (TPSA) is 69.9 Å². The maximum absolute atomic E-state index is 11.2. The highest BCUT2D eigenvalue weighted by Gasteiger charge is 2.47. The van der Waals surface area contributed by atoms with Crippen LogP contribution in [-0.2, 0) is 34.0 Å². The average Bonchev–Trinajstić information content (AvgIpc) is 3.66. The molecule has 0 saturated carbocycles. The zero-order chi connectivity index (χ0) is 24.3. The highest BCUT2D eigenvalue weighted by Crippen LogP contribution is 2.28. The second-order valence-electron chi connectivity index (χ2n) is 8.91. The van der Waals surface area contributed by atoms with Crippen LogP contribution < -0.4 is 5.32 Å². The molecule has 0 aromatic heterocycles. The lowest BCUT2D eigenvalue weighted by molar-refractivity contribution is -0.147. The summed E-state index contributed by atoms with van der Waals surface area (Å²) >= 11 is 0. The van der Waals surface area contributed by atoms with Gasteiger partial charge in [-0.2, -0.15) is 0 Å². The first-order chi connectivity index (χ1) is 17.2. The third-order valence-corrected chi connectivity index (χ3v) is 6.18. The Balaban J connectivity index is 1.46. The monoisotopic (exact) mass is 473 g/mol. The van der Waals surface area contributed by atoms with E-state index in [4.69, 9.17) is 14.2 Å². The van der Waals surface area contributed by atoms with E-state index in [0.717, 1.165) is 23.1 Å². The van der Waals surface area contributed by atoms with Gasteiger partial charge in [-0.25, -0.2) is 0 Å². The first-order valence-electron chi connectivity index (χ1n) is 12.2. The third kappa shape index (κ3) is 7.85. The van der Waals surface area contributed by atoms with Crippen molar-refractivity contribution in [2.75, 3.05) is 6.61 Å². The fraction of sp³-hybridized carbons (Fsp3) is 0.333. The van der Waals surface area contributed by atoms with Crippen molar-refractivity contribution in [2.24, 2.45) is 0 Å². The van der Waals surface area contributed by atoms with Crippen LogP contribution in [0, 0.1) is 0 Å². The number of aliphatic hydroxyl groups is 1. The minimum atomic E-state index is -0.852. The Morgan fingerprint density at radius 2 is 1.29 bits per heavy atom. The van der Waals surface area contributed by atoms with Crippen LogP contribution in [0.4, 0.5) is 0 Å². The Kier molecular flexibility index (Phi) is 9.64. The average molecular weight is 474 g/mol. The molecule has 35 heavy (non-hydrogen) atoms. The van der Waals surface area contributed by atoms with Crippen molar-refractivity contribution in [1.82, 2.24) is 5.32 Å². The zero-order valence-electron chi connectivity index (χ0n) is 20.0. The molecule has 1 saturated heterocycles. The van der Waals surface area contributed by atoms with Gasteiger partial charge in [-0.1, -0.05) is 97.1 Å². The normalized spacial score (nSPS) is 19.6. The molecule has 4 rings (SSSR count). The van der Waals surface area contributed by atoms with E-state index in [-0.39, 0.29) is 24.8 Å². The van der Waals surface area contributed by atoms with Crippen molar-refractivity contribution in [3.8, 4) is 0 Å². The van der Waals surface area contributed by atoms with Gasteiger partial charge in [0, 0.05) is 6.04 Å². The molecule has 5 heteroatoms. The fourth-order valence-corrected chi connectivity index (χ4v) is 4.24. The van der Waals surface area contributed by atoms with E-state index >= 15 is 0 Å². The molecule has 1 fully saturated rings. The molecule has 0 spiro atoms. The van der Waals surface area contributed by atoms with Gasteiger partial charge in [-0.15, -0.1) is 6.58 Å². The van der Waals surface area contributed by atoms with Crippen LogP contribution in [0.5, 0.6) is 0 Å². The lowest BCUT2D eigenvalue weighted by atomic mass is 10.0. The minimum absolute atomic E-state index is 0.0706. The maximum atomic E-state index is 11.2. The molecule has 1 heterocycles. The zero-order valence-corrected chi connectivity index (χ0v) is 20.0. The Morgan fingerprint density at radius 3 is 1.83 bits per heavy atom. The van der Waals surface area contributed by atoms with Gasteiger partial charge >= 0.3 is 0 Å². The minimum Gasteiger partial charge on any atom is -0.388 e. The SMILES string of the molecule is C=CC[C@H]1N[C@H]1[C@@H](OCc1ccccc1)[C@@H](OCc1ccccc1)[C@H](O)COCc1ccccc1. The highest BCUT2D eigenvalue weighted by molar-refractivity contribution is 5.16. The van der Waals surface area contributed by atoms with Gasteiger partial charge in [-0.05, 0) is 23.1 Å². The van der Waals surface area contributed by atoms with Gasteiger partial charge in [0.2, 0.25) is 0 Å². The number of ether oxygens (including phenoxy) is 3. The summed E-state index contributed by atoms with van der Waals surface area (Å²) in [7, 11) is 0. The van der Waals surface area contributed by atoms with Gasteiger partial charge in [0.25, 0.3) is 0 Å². The van der Waals surface area contributed by atoms with Crippen LogP contribution in [-0.4, -0.2) is 42.1 Å². The van der Waals surface area contributed by atoms with Gasteiger partial charge in [0.15, 0.2) is 0 Å². The molecule has 5 atom stereocenters. The van der Waals surface area contributed by atoms with Crippen LogP contribution in [0.25, 0.3) is 0 Å². The molecule has 0 radical (unpaired) electrons. The molecule has 0 aliphatic carbocycles. The van der Waals surface area contributed by atoms with E-state index in [2.05, 4.69) is 11.9 Å². The number of aliphatic hydroxyl groups excluding tert-OH is 1. The summed E-state index contributed by atoms with van der Waals surface area (Å²) in [5, 5.41) is 14.7. The summed E-state index contributed by atoms with van der Waals surface area (Å²) in [6.07, 6.45) is 0.976. The lowest BCUT2D eigenvalue weighted by Crippen LogP contribution is -2.47. The quantitative estimate of drug-likeness (QED) is 0.248. The molecule has 184 valence electrons. The van der Waals surface area contributed by atoms with E-state index < -0.39 is 12.2 Å². The van der Waals surface area contributed by atoms with Gasteiger partial charge < -0.3 is 24.6 Å². The molecule has 3 aromatic rings. The number of rotatable bonds is 15. The molecule has 0 unspecified atom stereocenters. The summed E-state index contributed by atoms with van der Waals surface area (Å²) in [5.41, 5.74) is 3.19. The van der Waals surface area contributed by atoms with Crippen molar-refractivity contribution in [3.05, 3.63) is 120 Å². The van der Waals surface area contributed by atoms with E-state index in [1.807, 2.05) is 97.1 Å². The summed E-state index contributed by atoms with van der Waals surface area (Å²) in [6, 6.07) is 30.3. The van der Waals surface area contributed by atoms with Gasteiger partial charge in [0.1, 0.15) is 18.3 Å². The molecule has 0 amide bonds.